The first kappa shape index (κ1) is 8.97. The Balaban J connectivity index is 1.97. The maximum Gasteiger partial charge on any atom is 0.177 e. The topological polar surface area (TPSA) is 17.8 Å². The summed E-state index contributed by atoms with van der Waals surface area (Å²) < 4.78 is 3.00. The van der Waals surface area contributed by atoms with Gasteiger partial charge < -0.3 is 4.57 Å². The highest BCUT2D eigenvalue weighted by atomic mass is 79.9. The van der Waals surface area contributed by atoms with Gasteiger partial charge in [0.1, 0.15) is 0 Å². The zero-order valence-electron chi connectivity index (χ0n) is 6.98. The van der Waals surface area contributed by atoms with E-state index in [0.29, 0.717) is 0 Å². The Kier molecular flexibility index (Phi) is 2.80. The van der Waals surface area contributed by atoms with E-state index in [1.54, 1.807) is 17.5 Å². The molecule has 68 valence electrons. The molecule has 0 aliphatic heterocycles. The van der Waals surface area contributed by atoms with E-state index in [1.165, 1.54) is 4.88 Å². The molecule has 0 fully saturated rings. The van der Waals surface area contributed by atoms with Crippen LogP contribution in [-0.4, -0.2) is 9.55 Å². The highest BCUT2D eigenvalue weighted by Gasteiger charge is 1.98. The second-order valence-electron chi connectivity index (χ2n) is 2.72. The number of hydrogen-bond donors (Lipinski definition) is 0. The van der Waals surface area contributed by atoms with Crippen LogP contribution in [0.15, 0.2) is 34.6 Å². The molecule has 2 aromatic heterocycles. The Bertz CT molecular complexity index is 367. The molecule has 13 heavy (non-hydrogen) atoms. The van der Waals surface area contributed by atoms with Crippen molar-refractivity contribution in [3.05, 3.63) is 39.5 Å². The average Bonchev–Trinajstić information content (AvgIpc) is 2.72. The van der Waals surface area contributed by atoms with E-state index in [2.05, 4.69) is 43.0 Å². The van der Waals surface area contributed by atoms with Crippen LogP contribution >= 0.6 is 27.3 Å². The lowest BCUT2D eigenvalue weighted by Gasteiger charge is -2.01. The Morgan fingerprint density at radius 1 is 1.54 bits per heavy atom. The maximum atomic E-state index is 4.10. The summed E-state index contributed by atoms with van der Waals surface area (Å²) in [6, 6.07) is 4.25. The Morgan fingerprint density at radius 2 is 2.46 bits per heavy atom. The molecule has 2 aromatic rings. The van der Waals surface area contributed by atoms with E-state index in [-0.39, 0.29) is 0 Å². The molecular weight excluding hydrogens is 248 g/mol. The van der Waals surface area contributed by atoms with Crippen molar-refractivity contribution in [2.24, 2.45) is 0 Å². The standard InChI is InChI=1S/C9H9BrN2S/c10-9-11-4-6-12(9)5-3-8-2-1-7-13-8/h1-2,4,6-7H,3,5H2. The normalized spacial score (nSPS) is 10.5. The number of aryl methyl sites for hydroxylation is 2. The van der Waals surface area contributed by atoms with Crippen LogP contribution in [0.4, 0.5) is 0 Å². The summed E-state index contributed by atoms with van der Waals surface area (Å²) in [5.41, 5.74) is 0. The van der Waals surface area contributed by atoms with Gasteiger partial charge in [0.25, 0.3) is 0 Å². The minimum absolute atomic E-state index is 0.907. The van der Waals surface area contributed by atoms with Gasteiger partial charge in [0.15, 0.2) is 4.73 Å². The predicted octanol–water partition coefficient (Wildman–Crippen LogP) is 2.95. The molecular formula is C9H9BrN2S. The first-order valence-corrected chi connectivity index (χ1v) is 5.72. The van der Waals surface area contributed by atoms with Gasteiger partial charge in [-0.2, -0.15) is 0 Å². The smallest absolute Gasteiger partial charge is 0.177 e. The van der Waals surface area contributed by atoms with Crippen LogP contribution in [0.3, 0.4) is 0 Å². The van der Waals surface area contributed by atoms with Crippen molar-refractivity contribution in [1.82, 2.24) is 9.55 Å². The molecule has 0 bridgehead atoms. The van der Waals surface area contributed by atoms with Crippen molar-refractivity contribution in [3.8, 4) is 0 Å². The van der Waals surface area contributed by atoms with Gasteiger partial charge in [0.2, 0.25) is 0 Å². The van der Waals surface area contributed by atoms with Gasteiger partial charge in [-0.3, -0.25) is 0 Å². The Labute approximate surface area is 89.4 Å². The minimum atomic E-state index is 0.907. The fourth-order valence-electron chi connectivity index (χ4n) is 1.16. The average molecular weight is 257 g/mol. The number of rotatable bonds is 3. The maximum absolute atomic E-state index is 4.10. The number of halogens is 1. The fraction of sp³-hybridized carbons (Fsp3) is 0.222. The Morgan fingerprint density at radius 3 is 3.08 bits per heavy atom. The van der Waals surface area contributed by atoms with Crippen LogP contribution in [-0.2, 0) is 13.0 Å². The highest BCUT2D eigenvalue weighted by molar-refractivity contribution is 9.10. The number of aromatic nitrogens is 2. The molecule has 2 heterocycles. The molecule has 4 heteroatoms. The van der Waals surface area contributed by atoms with E-state index >= 15 is 0 Å². The molecule has 2 nitrogen and oxygen atoms in total. The van der Waals surface area contributed by atoms with E-state index in [0.717, 1.165) is 17.7 Å². The summed E-state index contributed by atoms with van der Waals surface area (Å²) >= 11 is 5.19. The van der Waals surface area contributed by atoms with Gasteiger partial charge in [-0.1, -0.05) is 6.07 Å². The van der Waals surface area contributed by atoms with Gasteiger partial charge in [0.05, 0.1) is 0 Å². The monoisotopic (exact) mass is 256 g/mol. The lowest BCUT2D eigenvalue weighted by molar-refractivity contribution is 0.685. The summed E-state index contributed by atoms with van der Waals surface area (Å²) in [5.74, 6) is 0. The zero-order chi connectivity index (χ0) is 9.10. The van der Waals surface area contributed by atoms with E-state index < -0.39 is 0 Å². The number of nitrogens with zero attached hydrogens (tertiary/aromatic N) is 2. The zero-order valence-corrected chi connectivity index (χ0v) is 9.38. The van der Waals surface area contributed by atoms with Crippen molar-refractivity contribution in [3.63, 3.8) is 0 Å². The fourth-order valence-corrected chi connectivity index (χ4v) is 2.28. The van der Waals surface area contributed by atoms with Crippen molar-refractivity contribution in [2.45, 2.75) is 13.0 Å². The third-order valence-corrected chi connectivity index (χ3v) is 3.44. The number of thiophene rings is 1. The molecule has 0 spiro atoms. The summed E-state index contributed by atoms with van der Waals surface area (Å²) in [6.07, 6.45) is 4.86. The minimum Gasteiger partial charge on any atom is -0.325 e. The first-order chi connectivity index (χ1) is 6.36. The summed E-state index contributed by atoms with van der Waals surface area (Å²) in [6.45, 7) is 0.987. The molecule has 2 rings (SSSR count). The van der Waals surface area contributed by atoms with Gasteiger partial charge >= 0.3 is 0 Å². The van der Waals surface area contributed by atoms with Crippen LogP contribution in [0, 0.1) is 0 Å². The molecule has 0 radical (unpaired) electrons. The highest BCUT2D eigenvalue weighted by Crippen LogP contribution is 2.12. The summed E-state index contributed by atoms with van der Waals surface area (Å²) in [4.78, 5) is 5.52. The second kappa shape index (κ2) is 4.07. The van der Waals surface area contributed by atoms with Crippen LogP contribution < -0.4 is 0 Å². The summed E-state index contributed by atoms with van der Waals surface area (Å²) in [5, 5.41) is 2.11. The van der Waals surface area contributed by atoms with Gasteiger partial charge in [-0.05, 0) is 33.8 Å². The number of hydrogen-bond acceptors (Lipinski definition) is 2. The van der Waals surface area contributed by atoms with Crippen molar-refractivity contribution >= 4 is 27.3 Å². The molecule has 0 aliphatic carbocycles. The van der Waals surface area contributed by atoms with Crippen molar-refractivity contribution in [1.29, 1.82) is 0 Å². The third kappa shape index (κ3) is 2.19. The van der Waals surface area contributed by atoms with E-state index in [9.17, 15) is 0 Å². The van der Waals surface area contributed by atoms with Gasteiger partial charge in [-0.25, -0.2) is 4.98 Å². The summed E-state index contributed by atoms with van der Waals surface area (Å²) in [7, 11) is 0. The molecule has 0 saturated heterocycles. The van der Waals surface area contributed by atoms with Crippen LogP contribution in [0.1, 0.15) is 4.88 Å². The van der Waals surface area contributed by atoms with Gasteiger partial charge in [0, 0.05) is 23.8 Å². The van der Waals surface area contributed by atoms with Crippen LogP contribution in [0.5, 0.6) is 0 Å². The van der Waals surface area contributed by atoms with Gasteiger partial charge in [-0.15, -0.1) is 11.3 Å². The van der Waals surface area contributed by atoms with E-state index in [1.807, 2.05) is 6.20 Å². The molecule has 0 unspecified atom stereocenters. The molecule has 0 aliphatic rings. The van der Waals surface area contributed by atoms with Crippen LogP contribution in [0.2, 0.25) is 0 Å². The van der Waals surface area contributed by atoms with Crippen molar-refractivity contribution in [2.75, 3.05) is 0 Å². The largest absolute Gasteiger partial charge is 0.325 e. The first-order valence-electron chi connectivity index (χ1n) is 4.05. The lowest BCUT2D eigenvalue weighted by atomic mass is 10.3. The van der Waals surface area contributed by atoms with Crippen LogP contribution in [0.25, 0.3) is 0 Å². The second-order valence-corrected chi connectivity index (χ2v) is 4.46. The molecule has 0 aromatic carbocycles. The predicted molar refractivity (Wildman–Crippen MR) is 58.0 cm³/mol. The molecule has 0 saturated carbocycles. The number of imidazole rings is 1. The molecule has 0 amide bonds. The third-order valence-electron chi connectivity index (χ3n) is 1.84. The molecule has 0 N–H and O–H groups in total. The van der Waals surface area contributed by atoms with Crippen molar-refractivity contribution < 1.29 is 0 Å². The quantitative estimate of drug-likeness (QED) is 0.826. The van der Waals surface area contributed by atoms with E-state index in [4.69, 9.17) is 0 Å². The molecule has 0 atom stereocenters. The lowest BCUT2D eigenvalue weighted by Crippen LogP contribution is -1.98. The Hall–Kier alpha value is -0.610. The SMILES string of the molecule is Brc1nccn1CCc1cccs1.